The Bertz CT molecular complexity index is 639. The first-order valence-corrected chi connectivity index (χ1v) is 7.95. The summed E-state index contributed by atoms with van der Waals surface area (Å²) >= 11 is 0. The molecule has 1 aromatic heterocycles. The van der Waals surface area contributed by atoms with Crippen LogP contribution in [0.3, 0.4) is 0 Å². The average Bonchev–Trinajstić information content (AvgIpc) is 3.14. The number of benzene rings is 1. The number of carbonyl (C=O) groups excluding carboxylic acids is 1. The van der Waals surface area contributed by atoms with Crippen molar-refractivity contribution in [1.29, 1.82) is 0 Å². The number of anilines is 1. The number of ether oxygens (including phenoxy) is 1. The van der Waals surface area contributed by atoms with Gasteiger partial charge < -0.3 is 19.7 Å². The van der Waals surface area contributed by atoms with Gasteiger partial charge in [0.05, 0.1) is 12.6 Å². The van der Waals surface area contributed by atoms with Gasteiger partial charge in [-0.15, -0.1) is 0 Å². The van der Waals surface area contributed by atoms with Crippen LogP contribution in [0.2, 0.25) is 0 Å². The molecular formula is C17H21N3O4. The Balaban J connectivity index is 1.83. The van der Waals surface area contributed by atoms with Crippen molar-refractivity contribution in [2.24, 2.45) is 5.41 Å². The van der Waals surface area contributed by atoms with Crippen LogP contribution in [0.1, 0.15) is 24.4 Å². The number of urea groups is 1. The lowest BCUT2D eigenvalue weighted by Gasteiger charge is -2.42. The maximum atomic E-state index is 12.4. The van der Waals surface area contributed by atoms with E-state index in [1.54, 1.807) is 6.07 Å². The molecule has 24 heavy (non-hydrogen) atoms. The monoisotopic (exact) mass is 331 g/mol. The van der Waals surface area contributed by atoms with E-state index in [9.17, 15) is 9.90 Å². The summed E-state index contributed by atoms with van der Waals surface area (Å²) in [5.74, 6) is 0.337. The lowest BCUT2D eigenvalue weighted by Crippen LogP contribution is -2.47. The molecule has 0 spiro atoms. The first-order valence-electron chi connectivity index (χ1n) is 7.95. The fraction of sp³-hybridized carbons (Fsp3) is 0.412. The molecule has 3 rings (SSSR count). The molecule has 2 heterocycles. The van der Waals surface area contributed by atoms with Crippen LogP contribution in [0.5, 0.6) is 0 Å². The summed E-state index contributed by atoms with van der Waals surface area (Å²) in [6.07, 6.45) is 2.73. The fourth-order valence-electron chi connectivity index (χ4n) is 3.11. The van der Waals surface area contributed by atoms with Crippen LogP contribution >= 0.6 is 0 Å². The Morgan fingerprint density at radius 2 is 2.00 bits per heavy atom. The zero-order chi connectivity index (χ0) is 16.8. The van der Waals surface area contributed by atoms with Crippen LogP contribution in [0, 0.1) is 5.41 Å². The lowest BCUT2D eigenvalue weighted by atomic mass is 9.72. The number of nitrogens with one attached hydrogen (secondary N) is 2. The molecule has 128 valence electrons. The molecule has 1 fully saturated rings. The molecule has 1 unspecified atom stereocenters. The molecule has 7 nitrogen and oxygen atoms in total. The van der Waals surface area contributed by atoms with Crippen molar-refractivity contribution in [3.8, 4) is 0 Å². The van der Waals surface area contributed by atoms with E-state index >= 15 is 0 Å². The van der Waals surface area contributed by atoms with Gasteiger partial charge in [-0.05, 0) is 18.4 Å². The highest BCUT2D eigenvalue weighted by molar-refractivity contribution is 5.88. The van der Waals surface area contributed by atoms with Crippen molar-refractivity contribution in [2.75, 3.05) is 25.1 Å². The molecule has 0 radical (unpaired) electrons. The normalized spacial score (nSPS) is 17.9. The standard InChI is InChI=1S/C17H21N3O4/c21-12-17(7-10-23-11-8-17)15(13-4-2-1-3-5-13)19-16(22)18-14-6-9-24-20-14/h1-6,9,15,21H,7-8,10-12H2,(H2,18,19,20,22). The van der Waals surface area contributed by atoms with E-state index in [0.29, 0.717) is 31.9 Å². The van der Waals surface area contributed by atoms with Crippen LogP contribution in [0.15, 0.2) is 47.2 Å². The van der Waals surface area contributed by atoms with E-state index in [1.165, 1.54) is 6.26 Å². The summed E-state index contributed by atoms with van der Waals surface area (Å²) in [6.45, 7) is 1.10. The van der Waals surface area contributed by atoms with Gasteiger partial charge in [0.2, 0.25) is 0 Å². The number of aromatic nitrogens is 1. The summed E-state index contributed by atoms with van der Waals surface area (Å²) < 4.78 is 10.2. The van der Waals surface area contributed by atoms with Crippen LogP contribution < -0.4 is 10.6 Å². The van der Waals surface area contributed by atoms with Crippen LogP contribution in [-0.4, -0.2) is 36.1 Å². The van der Waals surface area contributed by atoms with Crippen molar-refractivity contribution < 1.29 is 19.2 Å². The minimum atomic E-state index is -0.458. The van der Waals surface area contributed by atoms with Gasteiger partial charge in [-0.3, -0.25) is 5.32 Å². The van der Waals surface area contributed by atoms with E-state index in [1.807, 2.05) is 30.3 Å². The number of carbonyl (C=O) groups is 1. The minimum Gasteiger partial charge on any atom is -0.396 e. The van der Waals surface area contributed by atoms with Crippen LogP contribution in [0.4, 0.5) is 10.6 Å². The molecule has 2 aromatic rings. The smallest absolute Gasteiger partial charge is 0.320 e. The van der Waals surface area contributed by atoms with Crippen molar-refractivity contribution in [3.05, 3.63) is 48.2 Å². The SMILES string of the molecule is O=C(Nc1ccon1)NC(c1ccccc1)C1(CO)CCOCC1. The molecule has 1 aliphatic rings. The van der Waals surface area contributed by atoms with E-state index in [0.717, 1.165) is 5.56 Å². The number of nitrogens with zero attached hydrogens (tertiary/aromatic N) is 1. The molecule has 1 saturated heterocycles. The number of aliphatic hydroxyl groups excluding tert-OH is 1. The van der Waals surface area contributed by atoms with E-state index in [-0.39, 0.29) is 12.6 Å². The maximum absolute atomic E-state index is 12.4. The van der Waals surface area contributed by atoms with Crippen molar-refractivity contribution in [3.63, 3.8) is 0 Å². The Morgan fingerprint density at radius 3 is 2.62 bits per heavy atom. The third-order valence-corrected chi connectivity index (χ3v) is 4.50. The quantitative estimate of drug-likeness (QED) is 0.781. The largest absolute Gasteiger partial charge is 0.396 e. The first kappa shape index (κ1) is 16.5. The highest BCUT2D eigenvalue weighted by atomic mass is 16.5. The molecule has 1 aromatic carbocycles. The Kier molecular flexibility index (Phi) is 5.12. The second-order valence-corrected chi connectivity index (χ2v) is 5.96. The topological polar surface area (TPSA) is 96.6 Å². The van der Waals surface area contributed by atoms with Gasteiger partial charge in [-0.1, -0.05) is 35.5 Å². The number of hydrogen-bond acceptors (Lipinski definition) is 5. The van der Waals surface area contributed by atoms with E-state index in [2.05, 4.69) is 15.8 Å². The molecule has 0 bridgehead atoms. The highest BCUT2D eigenvalue weighted by Gasteiger charge is 2.41. The van der Waals surface area contributed by atoms with Gasteiger partial charge in [-0.25, -0.2) is 4.79 Å². The predicted octanol–water partition coefficient (Wildman–Crippen LogP) is 2.33. The summed E-state index contributed by atoms with van der Waals surface area (Å²) in [5.41, 5.74) is 0.490. The molecule has 7 heteroatoms. The minimum absolute atomic E-state index is 0.0276. The fourth-order valence-corrected chi connectivity index (χ4v) is 3.11. The van der Waals surface area contributed by atoms with Gasteiger partial charge >= 0.3 is 6.03 Å². The van der Waals surface area contributed by atoms with Gasteiger partial charge in [-0.2, -0.15) is 0 Å². The van der Waals surface area contributed by atoms with Gasteiger partial charge in [0.1, 0.15) is 6.26 Å². The third-order valence-electron chi connectivity index (χ3n) is 4.50. The second kappa shape index (κ2) is 7.46. The third kappa shape index (κ3) is 3.58. The number of amides is 2. The van der Waals surface area contributed by atoms with Crippen molar-refractivity contribution in [1.82, 2.24) is 10.5 Å². The summed E-state index contributed by atoms with van der Waals surface area (Å²) in [7, 11) is 0. The van der Waals surface area contributed by atoms with Gasteiger partial charge in [0, 0.05) is 24.7 Å². The number of aliphatic hydroxyl groups is 1. The van der Waals surface area contributed by atoms with E-state index in [4.69, 9.17) is 9.26 Å². The molecular weight excluding hydrogens is 310 g/mol. The zero-order valence-electron chi connectivity index (χ0n) is 13.3. The van der Waals surface area contributed by atoms with Gasteiger partial charge in [0.15, 0.2) is 5.82 Å². The zero-order valence-corrected chi connectivity index (χ0v) is 13.3. The summed E-state index contributed by atoms with van der Waals surface area (Å²) in [5, 5.41) is 19.4. The molecule has 1 aliphatic heterocycles. The van der Waals surface area contributed by atoms with E-state index < -0.39 is 11.4 Å². The van der Waals surface area contributed by atoms with Crippen LogP contribution in [0.25, 0.3) is 0 Å². The molecule has 0 saturated carbocycles. The summed E-state index contributed by atoms with van der Waals surface area (Å²) in [4.78, 5) is 12.4. The summed E-state index contributed by atoms with van der Waals surface area (Å²) in [6, 6.07) is 10.5. The number of rotatable bonds is 5. The average molecular weight is 331 g/mol. The Hall–Kier alpha value is -2.38. The Morgan fingerprint density at radius 1 is 1.25 bits per heavy atom. The Labute approximate surface area is 140 Å². The van der Waals surface area contributed by atoms with Crippen LogP contribution in [-0.2, 0) is 4.74 Å². The number of hydrogen-bond donors (Lipinski definition) is 3. The predicted molar refractivity (Wildman–Crippen MR) is 87.4 cm³/mol. The maximum Gasteiger partial charge on any atom is 0.320 e. The lowest BCUT2D eigenvalue weighted by molar-refractivity contribution is -0.0357. The van der Waals surface area contributed by atoms with Crippen molar-refractivity contribution in [2.45, 2.75) is 18.9 Å². The highest BCUT2D eigenvalue weighted by Crippen LogP contribution is 2.42. The second-order valence-electron chi connectivity index (χ2n) is 5.96. The first-order chi connectivity index (χ1) is 11.7. The van der Waals surface area contributed by atoms with Crippen molar-refractivity contribution >= 4 is 11.8 Å². The molecule has 0 aliphatic carbocycles. The molecule has 1 atom stereocenters. The molecule has 2 amide bonds. The van der Waals surface area contributed by atoms with Gasteiger partial charge in [0.25, 0.3) is 0 Å². The molecule has 3 N–H and O–H groups in total.